The molecule has 2 rings (SSSR count). The molecule has 0 unspecified atom stereocenters. The van der Waals surface area contributed by atoms with Crippen LogP contribution < -0.4 is 5.46 Å². The Bertz CT molecular complexity index is 447. The molecule has 5 heteroatoms. The Morgan fingerprint density at radius 3 is 1.61 bits per heavy atom. The maximum Gasteiger partial charge on any atom is 0.498 e. The highest BCUT2D eigenvalue weighted by Gasteiger charge is 2.52. The quantitative estimate of drug-likeness (QED) is 0.709. The number of hydrogen-bond acceptors (Lipinski definition) is 4. The first-order valence-electron chi connectivity index (χ1n) is 6.31. The lowest BCUT2D eigenvalue weighted by Gasteiger charge is -2.32. The molecule has 1 aliphatic rings. The minimum atomic E-state index is -0.379. The van der Waals surface area contributed by atoms with Crippen molar-refractivity contribution in [1.29, 1.82) is 0 Å². The second kappa shape index (κ2) is 4.03. The van der Waals surface area contributed by atoms with Crippen LogP contribution in [0.15, 0.2) is 0 Å². The molecule has 1 aliphatic heterocycles. The third kappa shape index (κ3) is 2.06. The van der Waals surface area contributed by atoms with Crippen LogP contribution in [0.1, 0.15) is 44.9 Å². The first kappa shape index (κ1) is 13.5. The van der Waals surface area contributed by atoms with E-state index in [1.54, 1.807) is 0 Å². The van der Waals surface area contributed by atoms with Gasteiger partial charge in [-0.2, -0.15) is 0 Å². The lowest BCUT2D eigenvalue weighted by Crippen LogP contribution is -2.41. The zero-order valence-corrected chi connectivity index (χ0v) is 12.3. The summed E-state index contributed by atoms with van der Waals surface area (Å²) in [7, 11) is -0.379. The van der Waals surface area contributed by atoms with Crippen LogP contribution in [0.25, 0.3) is 0 Å². The van der Waals surface area contributed by atoms with Crippen molar-refractivity contribution in [3.05, 3.63) is 17.2 Å². The minimum absolute atomic E-state index is 0.332. The molecule has 0 bridgehead atoms. The van der Waals surface area contributed by atoms with E-state index in [0.717, 1.165) is 22.7 Å². The minimum Gasteiger partial charge on any atom is -0.399 e. The van der Waals surface area contributed by atoms with Gasteiger partial charge in [-0.1, -0.05) is 0 Å². The van der Waals surface area contributed by atoms with E-state index >= 15 is 0 Å². The largest absolute Gasteiger partial charge is 0.498 e. The molecule has 0 spiro atoms. The van der Waals surface area contributed by atoms with Gasteiger partial charge < -0.3 is 9.31 Å². The van der Waals surface area contributed by atoms with Crippen molar-refractivity contribution >= 4 is 12.6 Å². The maximum atomic E-state index is 6.05. The average molecular weight is 248 g/mol. The van der Waals surface area contributed by atoms with Gasteiger partial charge >= 0.3 is 7.12 Å². The molecule has 18 heavy (non-hydrogen) atoms. The van der Waals surface area contributed by atoms with Crippen molar-refractivity contribution in [2.75, 3.05) is 0 Å². The van der Waals surface area contributed by atoms with Gasteiger partial charge in [-0.3, -0.25) is 0 Å². The molecule has 1 fully saturated rings. The highest BCUT2D eigenvalue weighted by atomic mass is 16.7. The summed E-state index contributed by atoms with van der Waals surface area (Å²) in [4.78, 5) is 8.81. The first-order valence-corrected chi connectivity index (χ1v) is 6.31. The summed E-state index contributed by atoms with van der Waals surface area (Å²) >= 11 is 0. The van der Waals surface area contributed by atoms with Crippen LogP contribution >= 0.6 is 0 Å². The molecular formula is C13H21BN2O2. The van der Waals surface area contributed by atoms with Gasteiger partial charge in [0.05, 0.1) is 11.2 Å². The number of rotatable bonds is 1. The van der Waals surface area contributed by atoms with Crippen molar-refractivity contribution in [1.82, 2.24) is 9.97 Å². The molecule has 4 nitrogen and oxygen atoms in total. The monoisotopic (exact) mass is 248 g/mol. The Balaban J connectivity index is 2.42. The van der Waals surface area contributed by atoms with Gasteiger partial charge in [0, 0.05) is 16.9 Å². The van der Waals surface area contributed by atoms with Crippen LogP contribution in [-0.2, 0) is 9.31 Å². The van der Waals surface area contributed by atoms with Gasteiger partial charge in [0.1, 0.15) is 5.82 Å². The van der Waals surface area contributed by atoms with E-state index in [2.05, 4.69) is 9.97 Å². The van der Waals surface area contributed by atoms with E-state index in [9.17, 15) is 0 Å². The van der Waals surface area contributed by atoms with E-state index < -0.39 is 0 Å². The Kier molecular flexibility index (Phi) is 3.02. The van der Waals surface area contributed by atoms with Crippen LogP contribution in [-0.4, -0.2) is 28.3 Å². The van der Waals surface area contributed by atoms with Crippen molar-refractivity contribution in [3.8, 4) is 0 Å². The number of hydrogen-bond donors (Lipinski definition) is 0. The van der Waals surface area contributed by atoms with Gasteiger partial charge in [0.2, 0.25) is 0 Å². The molecule has 0 atom stereocenters. The molecule has 0 aliphatic carbocycles. The van der Waals surface area contributed by atoms with Gasteiger partial charge in [-0.05, 0) is 48.5 Å². The molecule has 0 N–H and O–H groups in total. The van der Waals surface area contributed by atoms with Crippen LogP contribution in [0.2, 0.25) is 0 Å². The fraction of sp³-hybridized carbons (Fsp3) is 0.692. The van der Waals surface area contributed by atoms with E-state index in [1.807, 2.05) is 48.5 Å². The zero-order chi connectivity index (χ0) is 13.7. The summed E-state index contributed by atoms with van der Waals surface area (Å²) in [5.74, 6) is 0.783. The first-order chi connectivity index (χ1) is 8.14. The van der Waals surface area contributed by atoms with E-state index in [1.165, 1.54) is 0 Å². The number of aryl methyl sites for hydroxylation is 3. The standard InChI is InChI=1S/C13H21BN2O2/c1-8-11(9(2)16-10(3)15-8)14-17-12(4,5)13(6,7)18-14/h1-7H3. The summed E-state index contributed by atoms with van der Waals surface area (Å²) in [6, 6.07) is 0. The Labute approximate surface area is 109 Å². The highest BCUT2D eigenvalue weighted by molar-refractivity contribution is 6.63. The fourth-order valence-electron chi connectivity index (χ4n) is 2.19. The summed E-state index contributed by atoms with van der Waals surface area (Å²) in [5.41, 5.74) is 2.15. The average Bonchev–Trinajstić information content (AvgIpc) is 2.32. The predicted octanol–water partition coefficient (Wildman–Crippen LogP) is 1.70. The summed E-state index contributed by atoms with van der Waals surface area (Å²) in [5, 5.41) is 0. The van der Waals surface area contributed by atoms with Crippen molar-refractivity contribution in [2.24, 2.45) is 0 Å². The van der Waals surface area contributed by atoms with Crippen molar-refractivity contribution < 1.29 is 9.31 Å². The smallest absolute Gasteiger partial charge is 0.399 e. The van der Waals surface area contributed by atoms with Gasteiger partial charge in [-0.25, -0.2) is 9.97 Å². The topological polar surface area (TPSA) is 44.2 Å². The van der Waals surface area contributed by atoms with Crippen LogP contribution in [0.4, 0.5) is 0 Å². The zero-order valence-electron chi connectivity index (χ0n) is 12.3. The third-order valence-corrected chi connectivity index (χ3v) is 3.93. The van der Waals surface area contributed by atoms with E-state index in [0.29, 0.717) is 0 Å². The molecule has 1 aromatic rings. The van der Waals surface area contributed by atoms with Crippen molar-refractivity contribution in [2.45, 2.75) is 59.7 Å². The van der Waals surface area contributed by atoms with E-state index in [-0.39, 0.29) is 18.3 Å². The lowest BCUT2D eigenvalue weighted by atomic mass is 9.76. The SMILES string of the molecule is Cc1nc(C)c(B2OC(C)(C)C(C)(C)O2)c(C)n1. The third-order valence-electron chi connectivity index (χ3n) is 3.93. The van der Waals surface area contributed by atoms with Gasteiger partial charge in [-0.15, -0.1) is 0 Å². The number of aromatic nitrogens is 2. The van der Waals surface area contributed by atoms with E-state index in [4.69, 9.17) is 9.31 Å². The summed E-state index contributed by atoms with van der Waals surface area (Å²) in [6.45, 7) is 14.0. The molecule has 1 aromatic heterocycles. The molecule has 0 saturated carbocycles. The van der Waals surface area contributed by atoms with Gasteiger partial charge in [0.25, 0.3) is 0 Å². The molecular weight excluding hydrogens is 227 g/mol. The highest BCUT2D eigenvalue weighted by Crippen LogP contribution is 2.36. The van der Waals surface area contributed by atoms with Gasteiger partial charge in [0.15, 0.2) is 0 Å². The summed E-state index contributed by atoms with van der Waals surface area (Å²) in [6.07, 6.45) is 0. The molecule has 0 amide bonds. The molecule has 98 valence electrons. The molecule has 2 heterocycles. The van der Waals surface area contributed by atoms with Crippen LogP contribution in [0, 0.1) is 20.8 Å². The molecule has 0 aromatic carbocycles. The lowest BCUT2D eigenvalue weighted by molar-refractivity contribution is 0.00578. The van der Waals surface area contributed by atoms with Crippen molar-refractivity contribution in [3.63, 3.8) is 0 Å². The Morgan fingerprint density at radius 2 is 1.22 bits per heavy atom. The molecule has 0 radical (unpaired) electrons. The second-order valence-corrected chi connectivity index (χ2v) is 5.94. The number of nitrogens with zero attached hydrogens (tertiary/aromatic N) is 2. The molecule has 1 saturated heterocycles. The van der Waals surface area contributed by atoms with Crippen LogP contribution in [0.3, 0.4) is 0 Å². The Morgan fingerprint density at radius 1 is 0.833 bits per heavy atom. The Hall–Kier alpha value is -0.935. The maximum absolute atomic E-state index is 6.05. The normalized spacial score (nSPS) is 21.4. The predicted molar refractivity (Wildman–Crippen MR) is 72.0 cm³/mol. The second-order valence-electron chi connectivity index (χ2n) is 5.94. The fourth-order valence-corrected chi connectivity index (χ4v) is 2.19. The summed E-state index contributed by atoms with van der Waals surface area (Å²) < 4.78 is 12.1. The van der Waals surface area contributed by atoms with Crippen LogP contribution in [0.5, 0.6) is 0 Å².